The van der Waals surface area contributed by atoms with E-state index in [1.807, 2.05) is 0 Å². The fourth-order valence-corrected chi connectivity index (χ4v) is 4.02. The number of anilines is 1. The molecule has 1 aromatic carbocycles. The number of methoxy groups -OCH3 is 1. The summed E-state index contributed by atoms with van der Waals surface area (Å²) < 4.78 is 10.8. The number of nitrogens with one attached hydrogen (secondary N) is 1. The molecule has 2 rings (SSSR count). The van der Waals surface area contributed by atoms with Crippen LogP contribution in [-0.2, 0) is 9.53 Å². The molecule has 0 radical (unpaired) electrons. The van der Waals surface area contributed by atoms with Crippen LogP contribution in [0.5, 0.6) is 5.75 Å². The van der Waals surface area contributed by atoms with E-state index in [9.17, 15) is 9.59 Å². The minimum absolute atomic E-state index is 0.130. The first-order valence-electron chi connectivity index (χ1n) is 8.47. The van der Waals surface area contributed by atoms with Gasteiger partial charge in [0.2, 0.25) is 5.91 Å². The minimum Gasteiger partial charge on any atom is -0.494 e. The van der Waals surface area contributed by atoms with Crippen molar-refractivity contribution in [2.75, 3.05) is 25.1 Å². The van der Waals surface area contributed by atoms with E-state index >= 15 is 0 Å². The zero-order chi connectivity index (χ0) is 20.5. The second-order valence-corrected chi connectivity index (χ2v) is 8.43. The van der Waals surface area contributed by atoms with Crippen molar-refractivity contribution in [2.45, 2.75) is 45.6 Å². The molecular formula is C18H23Cl3N2O4. The minimum atomic E-state index is -0.669. The van der Waals surface area contributed by atoms with Gasteiger partial charge in [0.05, 0.1) is 22.8 Å². The van der Waals surface area contributed by atoms with E-state index in [-0.39, 0.29) is 27.6 Å². The monoisotopic (exact) mass is 436 g/mol. The Morgan fingerprint density at radius 1 is 1.19 bits per heavy atom. The highest BCUT2D eigenvalue weighted by Gasteiger charge is 2.40. The summed E-state index contributed by atoms with van der Waals surface area (Å²) in [6.07, 6.45) is 0.0252. The topological polar surface area (TPSA) is 67.9 Å². The molecule has 0 bridgehead atoms. The first-order valence-corrected chi connectivity index (χ1v) is 9.60. The average Bonchev–Trinajstić information content (AvgIpc) is 2.91. The highest BCUT2D eigenvalue weighted by Crippen LogP contribution is 2.54. The number of hydrogen-bond acceptors (Lipinski definition) is 4. The summed E-state index contributed by atoms with van der Waals surface area (Å²) in [5, 5.41) is 3.38. The summed E-state index contributed by atoms with van der Waals surface area (Å²) in [7, 11) is 1.45. The number of amides is 2. The second kappa shape index (κ2) is 8.33. The van der Waals surface area contributed by atoms with Crippen molar-refractivity contribution >= 4 is 52.5 Å². The van der Waals surface area contributed by atoms with E-state index in [4.69, 9.17) is 44.3 Å². The summed E-state index contributed by atoms with van der Waals surface area (Å²) in [4.78, 5) is 25.4. The van der Waals surface area contributed by atoms with Crippen LogP contribution >= 0.6 is 34.8 Å². The molecule has 1 aliphatic heterocycles. The van der Waals surface area contributed by atoms with E-state index < -0.39 is 11.7 Å². The van der Waals surface area contributed by atoms with Gasteiger partial charge in [-0.1, -0.05) is 34.8 Å². The number of nitrogens with zero attached hydrogens (tertiary/aromatic N) is 1. The van der Waals surface area contributed by atoms with Crippen molar-refractivity contribution in [1.29, 1.82) is 0 Å². The molecule has 9 heteroatoms. The molecule has 1 atom stereocenters. The fourth-order valence-electron chi connectivity index (χ4n) is 3.00. The van der Waals surface area contributed by atoms with Crippen molar-refractivity contribution < 1.29 is 19.1 Å². The normalized spacial score (nSPS) is 16.1. The van der Waals surface area contributed by atoms with Crippen LogP contribution in [0.3, 0.4) is 0 Å². The Morgan fingerprint density at radius 2 is 1.81 bits per heavy atom. The summed E-state index contributed by atoms with van der Waals surface area (Å²) in [5.41, 5.74) is 0.423. The molecule has 0 saturated carbocycles. The zero-order valence-corrected chi connectivity index (χ0v) is 18.2. The van der Waals surface area contributed by atoms with Crippen molar-refractivity contribution in [3.63, 3.8) is 0 Å². The van der Waals surface area contributed by atoms with Gasteiger partial charge in [-0.2, -0.15) is 0 Å². The van der Waals surface area contributed by atoms with Crippen molar-refractivity contribution in [3.05, 3.63) is 20.6 Å². The third kappa shape index (κ3) is 4.73. The van der Waals surface area contributed by atoms with Crippen LogP contribution in [0, 0.1) is 0 Å². The predicted octanol–water partition coefficient (Wildman–Crippen LogP) is 5.02. The van der Waals surface area contributed by atoms with E-state index in [1.54, 1.807) is 20.8 Å². The molecule has 0 saturated heterocycles. The molecule has 0 aromatic heterocycles. The highest BCUT2D eigenvalue weighted by molar-refractivity contribution is 6.47. The van der Waals surface area contributed by atoms with E-state index in [0.29, 0.717) is 35.8 Å². The zero-order valence-electron chi connectivity index (χ0n) is 15.9. The Balaban J connectivity index is 2.49. The molecule has 0 fully saturated rings. The molecule has 1 N–H and O–H groups in total. The second-order valence-electron chi connectivity index (χ2n) is 7.30. The maximum atomic E-state index is 12.7. The van der Waals surface area contributed by atoms with Crippen molar-refractivity contribution in [3.8, 4) is 5.75 Å². The lowest BCUT2D eigenvalue weighted by Gasteiger charge is -2.25. The van der Waals surface area contributed by atoms with Crippen LogP contribution in [0.4, 0.5) is 10.5 Å². The van der Waals surface area contributed by atoms with Gasteiger partial charge in [0.25, 0.3) is 0 Å². The standard InChI is InChI=1S/C18H23Cl3N2O4/c1-9(24)22-7-6-10-8-23(17(25)27-18(2,3)4)15-11(10)12(19)16(26-5)14(21)13(15)20/h10H,6-8H2,1-5H3,(H,22,24). The molecule has 6 nitrogen and oxygen atoms in total. The maximum absolute atomic E-state index is 12.7. The Labute approximate surface area is 174 Å². The Morgan fingerprint density at radius 3 is 2.33 bits per heavy atom. The van der Waals surface area contributed by atoms with Crippen molar-refractivity contribution in [2.24, 2.45) is 0 Å². The Hall–Kier alpha value is -1.37. The number of benzene rings is 1. The molecule has 0 aliphatic carbocycles. The molecule has 1 aliphatic rings. The molecule has 1 unspecified atom stereocenters. The summed E-state index contributed by atoms with van der Waals surface area (Å²) >= 11 is 19.3. The van der Waals surface area contributed by atoms with Crippen LogP contribution < -0.4 is 15.0 Å². The van der Waals surface area contributed by atoms with Crippen LogP contribution in [-0.4, -0.2) is 37.8 Å². The molecular weight excluding hydrogens is 415 g/mol. The van der Waals surface area contributed by atoms with Crippen LogP contribution in [0.2, 0.25) is 15.1 Å². The number of ether oxygens (including phenoxy) is 2. The van der Waals surface area contributed by atoms with Gasteiger partial charge in [-0.05, 0) is 27.2 Å². The number of carbonyl (C=O) groups excluding carboxylic acids is 2. The molecule has 0 spiro atoms. The number of hydrogen-bond donors (Lipinski definition) is 1. The number of rotatable bonds is 4. The van der Waals surface area contributed by atoms with E-state index in [1.165, 1.54) is 18.9 Å². The van der Waals surface area contributed by atoms with Gasteiger partial charge < -0.3 is 14.8 Å². The Kier molecular flexibility index (Phi) is 6.77. The van der Waals surface area contributed by atoms with Gasteiger partial charge in [0.15, 0.2) is 5.75 Å². The number of carbonyl (C=O) groups is 2. The summed E-state index contributed by atoms with van der Waals surface area (Å²) in [6, 6.07) is 0. The molecule has 1 heterocycles. The Bertz CT molecular complexity index is 762. The van der Waals surface area contributed by atoms with Gasteiger partial charge in [-0.15, -0.1) is 0 Å². The molecule has 27 heavy (non-hydrogen) atoms. The van der Waals surface area contributed by atoms with Crippen LogP contribution in [0.15, 0.2) is 0 Å². The van der Waals surface area contributed by atoms with Crippen LogP contribution in [0.1, 0.15) is 45.6 Å². The largest absolute Gasteiger partial charge is 0.494 e. The molecule has 2 amide bonds. The first-order chi connectivity index (χ1) is 12.5. The van der Waals surface area contributed by atoms with Gasteiger partial charge in [-0.25, -0.2) is 4.79 Å². The van der Waals surface area contributed by atoms with Crippen LogP contribution in [0.25, 0.3) is 0 Å². The lowest BCUT2D eigenvalue weighted by atomic mass is 9.97. The maximum Gasteiger partial charge on any atom is 0.414 e. The smallest absolute Gasteiger partial charge is 0.414 e. The third-order valence-corrected chi connectivity index (χ3v) is 5.26. The summed E-state index contributed by atoms with van der Waals surface area (Å²) in [5.74, 6) is -0.0248. The van der Waals surface area contributed by atoms with Crippen molar-refractivity contribution in [1.82, 2.24) is 5.32 Å². The predicted molar refractivity (Wildman–Crippen MR) is 108 cm³/mol. The van der Waals surface area contributed by atoms with E-state index in [2.05, 4.69) is 5.32 Å². The number of fused-ring (bicyclic) bond motifs is 1. The fraction of sp³-hybridized carbons (Fsp3) is 0.556. The highest BCUT2D eigenvalue weighted by atomic mass is 35.5. The van der Waals surface area contributed by atoms with E-state index in [0.717, 1.165) is 0 Å². The SMILES string of the molecule is COc1c(Cl)c(Cl)c2c(c1Cl)C(CCNC(C)=O)CN2C(=O)OC(C)(C)C. The first kappa shape index (κ1) is 21.9. The van der Waals surface area contributed by atoms with Gasteiger partial charge in [0.1, 0.15) is 10.6 Å². The molecule has 1 aromatic rings. The number of halogens is 3. The average molecular weight is 438 g/mol. The lowest BCUT2D eigenvalue weighted by molar-refractivity contribution is -0.118. The summed E-state index contributed by atoms with van der Waals surface area (Å²) in [6.45, 7) is 7.54. The molecule has 150 valence electrons. The van der Waals surface area contributed by atoms with Gasteiger partial charge >= 0.3 is 6.09 Å². The quantitative estimate of drug-likeness (QED) is 0.672. The third-order valence-electron chi connectivity index (χ3n) is 4.06. The lowest BCUT2D eigenvalue weighted by Crippen LogP contribution is -2.36. The van der Waals surface area contributed by atoms with Gasteiger partial charge in [-0.3, -0.25) is 9.69 Å². The van der Waals surface area contributed by atoms with Gasteiger partial charge in [0, 0.05) is 31.5 Å².